The normalized spacial score (nSPS) is 28.9. The summed E-state index contributed by atoms with van der Waals surface area (Å²) < 4.78 is 34.3. The van der Waals surface area contributed by atoms with E-state index in [0.29, 0.717) is 12.8 Å². The number of allylic oxidation sites excluding steroid dienone is 13. The Morgan fingerprint density at radius 1 is 0.420 bits per heavy atom. The molecule has 0 aromatic rings. The lowest BCUT2D eigenvalue weighted by atomic mass is 9.96. The van der Waals surface area contributed by atoms with Gasteiger partial charge >= 0.3 is 0 Å². The fourth-order valence-corrected chi connectivity index (χ4v) is 10.9. The van der Waals surface area contributed by atoms with E-state index in [-0.39, 0.29) is 18.9 Å². The summed E-state index contributed by atoms with van der Waals surface area (Å²) in [6, 6.07) is -1.00. The van der Waals surface area contributed by atoms with Gasteiger partial charge in [0.1, 0.15) is 73.2 Å². The topological polar surface area (TPSA) is 307 Å². The average Bonchev–Trinajstić information content (AvgIpc) is 3.39. The molecule has 0 saturated carbocycles. The van der Waals surface area contributed by atoms with Gasteiger partial charge in [-0.2, -0.15) is 0 Å². The van der Waals surface area contributed by atoms with Crippen LogP contribution in [0.2, 0.25) is 0 Å². The van der Waals surface area contributed by atoms with Crippen LogP contribution in [0.3, 0.4) is 0 Å². The molecule has 19 nitrogen and oxygen atoms in total. The van der Waals surface area contributed by atoms with E-state index in [0.717, 1.165) is 77.0 Å². The lowest BCUT2D eigenvalue weighted by Crippen LogP contribution is -2.66. The van der Waals surface area contributed by atoms with Gasteiger partial charge in [-0.05, 0) is 83.5 Å². The van der Waals surface area contributed by atoms with Crippen LogP contribution in [0, 0.1) is 0 Å². The fraction of sp³-hybridized carbons (Fsp3) is 0.783. The highest BCUT2D eigenvalue weighted by molar-refractivity contribution is 5.76. The van der Waals surface area contributed by atoms with Gasteiger partial charge in [0, 0.05) is 6.42 Å². The minimum Gasteiger partial charge on any atom is -0.394 e. The van der Waals surface area contributed by atoms with Crippen LogP contribution in [0.1, 0.15) is 213 Å². The van der Waals surface area contributed by atoms with Gasteiger partial charge in [-0.15, -0.1) is 0 Å². The zero-order chi connectivity index (χ0) is 64.0. The lowest BCUT2D eigenvalue weighted by Gasteiger charge is -2.48. The molecule has 0 aromatic carbocycles. The largest absolute Gasteiger partial charge is 0.394 e. The molecule has 0 aliphatic carbocycles. The van der Waals surface area contributed by atoms with Crippen molar-refractivity contribution in [3.05, 3.63) is 85.1 Å². The molecular formula is C69H119NO18. The Bertz CT molecular complexity index is 1930. The highest BCUT2D eigenvalue weighted by Gasteiger charge is 2.53. The molecule has 17 unspecified atom stereocenters. The van der Waals surface area contributed by atoms with Gasteiger partial charge in [-0.25, -0.2) is 0 Å². The maximum absolute atomic E-state index is 13.4. The van der Waals surface area contributed by atoms with Gasteiger partial charge < -0.3 is 89.9 Å². The highest BCUT2D eigenvalue weighted by Crippen LogP contribution is 2.33. The monoisotopic (exact) mass is 1250 g/mol. The Hall–Kier alpha value is -3.03. The second-order valence-corrected chi connectivity index (χ2v) is 23.9. The maximum atomic E-state index is 13.4. The van der Waals surface area contributed by atoms with Crippen LogP contribution >= 0.6 is 0 Å². The Morgan fingerprint density at radius 3 is 1.27 bits per heavy atom. The van der Waals surface area contributed by atoms with Gasteiger partial charge in [0.05, 0.1) is 38.6 Å². The predicted molar refractivity (Wildman–Crippen MR) is 341 cm³/mol. The third kappa shape index (κ3) is 32.5. The molecule has 17 atom stereocenters. The van der Waals surface area contributed by atoms with Crippen LogP contribution in [-0.4, -0.2) is 193 Å². The zero-order valence-corrected chi connectivity index (χ0v) is 53.4. The number of carbonyl (C=O) groups is 1. The minimum absolute atomic E-state index is 0.227. The first kappa shape index (κ1) is 79.2. The van der Waals surface area contributed by atoms with E-state index in [1.807, 2.05) is 6.08 Å². The molecular weight excluding hydrogens is 1130 g/mol. The third-order valence-corrected chi connectivity index (χ3v) is 16.4. The summed E-state index contributed by atoms with van der Waals surface area (Å²) >= 11 is 0. The van der Waals surface area contributed by atoms with E-state index in [1.165, 1.54) is 103 Å². The highest BCUT2D eigenvalue weighted by atomic mass is 16.8. The van der Waals surface area contributed by atoms with Crippen molar-refractivity contribution in [3.63, 3.8) is 0 Å². The predicted octanol–water partition coefficient (Wildman–Crippen LogP) is 8.32. The number of amides is 1. The number of hydrogen-bond acceptors (Lipinski definition) is 18. The molecule has 0 radical (unpaired) electrons. The van der Waals surface area contributed by atoms with E-state index in [1.54, 1.807) is 6.08 Å². The van der Waals surface area contributed by atoms with Gasteiger partial charge in [0.25, 0.3) is 0 Å². The first-order valence-electron chi connectivity index (χ1n) is 33.8. The first-order valence-corrected chi connectivity index (χ1v) is 33.8. The number of unbranched alkanes of at least 4 members (excludes halogenated alkanes) is 22. The van der Waals surface area contributed by atoms with Crippen LogP contribution in [0.4, 0.5) is 0 Å². The second-order valence-electron chi connectivity index (χ2n) is 23.9. The molecule has 0 aromatic heterocycles. The van der Waals surface area contributed by atoms with Crippen LogP contribution in [0.25, 0.3) is 0 Å². The SMILES string of the molecule is CC/C=C\C/C=C\C/C=C\C/C=C\CCCCCCCCCCCCCCCCC(=O)NC(COC1OC(CO)C(OC2OC(CO)C(OC3OC(CO)C(O)C(O)C3O)C(O)C2O)C(O)C1O)C(O)/C=C/CC/C=C/CC/C=C/CCCCCCCC. The third-order valence-electron chi connectivity index (χ3n) is 16.4. The van der Waals surface area contributed by atoms with Gasteiger partial charge in [0.15, 0.2) is 18.9 Å². The summed E-state index contributed by atoms with van der Waals surface area (Å²) in [6.45, 7) is 1.57. The number of carbonyl (C=O) groups excluding carboxylic acids is 1. The molecule has 3 aliphatic rings. The summed E-state index contributed by atoms with van der Waals surface area (Å²) in [5.74, 6) is -0.294. The van der Waals surface area contributed by atoms with E-state index >= 15 is 0 Å². The van der Waals surface area contributed by atoms with Crippen LogP contribution in [0.15, 0.2) is 85.1 Å². The quantitative estimate of drug-likeness (QED) is 0.0201. The average molecular weight is 1250 g/mol. The maximum Gasteiger partial charge on any atom is 0.220 e. The number of nitrogens with one attached hydrogen (secondary N) is 1. The summed E-state index contributed by atoms with van der Waals surface area (Å²) in [5.41, 5.74) is 0. The minimum atomic E-state index is -1.99. The van der Waals surface area contributed by atoms with Gasteiger partial charge in [0.2, 0.25) is 5.91 Å². The zero-order valence-electron chi connectivity index (χ0n) is 53.4. The lowest BCUT2D eigenvalue weighted by molar-refractivity contribution is -0.379. The van der Waals surface area contributed by atoms with Crippen molar-refractivity contribution in [2.75, 3.05) is 26.4 Å². The van der Waals surface area contributed by atoms with Crippen molar-refractivity contribution in [2.24, 2.45) is 0 Å². The molecule has 3 saturated heterocycles. The molecule has 3 fully saturated rings. The van der Waals surface area contributed by atoms with Crippen LogP contribution < -0.4 is 5.32 Å². The Kier molecular flexibility index (Phi) is 45.5. The van der Waals surface area contributed by atoms with Crippen molar-refractivity contribution in [1.82, 2.24) is 5.32 Å². The molecule has 3 rings (SSSR count). The number of hydrogen-bond donors (Lipinski definition) is 12. The number of rotatable bonds is 50. The summed E-state index contributed by atoms with van der Waals surface area (Å²) in [4.78, 5) is 13.4. The number of ether oxygens (including phenoxy) is 6. The van der Waals surface area contributed by atoms with E-state index < -0.39 is 124 Å². The Balaban J connectivity index is 1.44. The van der Waals surface area contributed by atoms with Crippen LogP contribution in [0.5, 0.6) is 0 Å². The second kappa shape index (κ2) is 50.5. The molecule has 0 bridgehead atoms. The summed E-state index contributed by atoms with van der Waals surface area (Å²) in [7, 11) is 0. The first-order chi connectivity index (χ1) is 42.8. The molecule has 0 spiro atoms. The molecule has 12 N–H and O–H groups in total. The molecule has 19 heteroatoms. The van der Waals surface area contributed by atoms with Crippen molar-refractivity contribution < 1.29 is 89.4 Å². The molecule has 88 heavy (non-hydrogen) atoms. The van der Waals surface area contributed by atoms with Crippen molar-refractivity contribution in [2.45, 2.75) is 317 Å². The molecule has 3 heterocycles. The van der Waals surface area contributed by atoms with Crippen LogP contribution in [-0.2, 0) is 33.2 Å². The molecule has 508 valence electrons. The van der Waals surface area contributed by atoms with E-state index in [9.17, 15) is 61.0 Å². The Morgan fingerprint density at radius 2 is 0.795 bits per heavy atom. The van der Waals surface area contributed by atoms with Crippen molar-refractivity contribution in [1.29, 1.82) is 0 Å². The fourth-order valence-electron chi connectivity index (χ4n) is 10.9. The van der Waals surface area contributed by atoms with Crippen molar-refractivity contribution >= 4 is 5.91 Å². The van der Waals surface area contributed by atoms with E-state index in [2.05, 4.69) is 92.1 Å². The molecule has 1 amide bonds. The Labute approximate surface area is 527 Å². The summed E-state index contributed by atoms with van der Waals surface area (Å²) in [6.07, 6.45) is 37.0. The van der Waals surface area contributed by atoms with E-state index in [4.69, 9.17) is 28.4 Å². The number of aliphatic hydroxyl groups excluding tert-OH is 11. The smallest absolute Gasteiger partial charge is 0.220 e. The standard InChI is InChI=1S/C69H119NO18/c1-3-5-7-9-11-13-15-17-19-21-22-23-24-25-26-27-28-29-30-31-33-35-37-39-41-43-45-47-57(75)70-52(53(74)46-44-42-40-38-36-34-32-20-18-16-14-12-10-8-6-4-2)51-83-67-63(81)60(78)65(55(49-72)85-67)88-69-64(82)61(79)66(56(50-73)86-69)87-68-62(80)59(77)58(76)54(48-71)84-68/h5,7,11,13,17-20,22-23,36,38,44,46,52-56,58-69,71-74,76-82H,3-4,6,8-10,12,14-16,21,24-35,37,39-43,45,47-51H2,1-2H3,(H,70,75)/b7-5-,13-11-,19-17-,20-18+,23-22-,38-36+,46-44+. The van der Waals surface area contributed by atoms with Gasteiger partial charge in [-0.1, -0.05) is 208 Å². The summed E-state index contributed by atoms with van der Waals surface area (Å²) in [5, 5.41) is 120. The number of aliphatic hydroxyl groups is 11. The van der Waals surface area contributed by atoms with Gasteiger partial charge in [-0.3, -0.25) is 4.79 Å². The molecule has 3 aliphatic heterocycles. The van der Waals surface area contributed by atoms with Crippen molar-refractivity contribution in [3.8, 4) is 0 Å².